The van der Waals surface area contributed by atoms with Crippen molar-refractivity contribution in [3.05, 3.63) is 63.6 Å². The van der Waals surface area contributed by atoms with Crippen LogP contribution in [0, 0.1) is 11.8 Å². The summed E-state index contributed by atoms with van der Waals surface area (Å²) in [5.41, 5.74) is 2.24. The Kier molecular flexibility index (Phi) is 3.34. The van der Waals surface area contributed by atoms with Crippen molar-refractivity contribution in [2.24, 2.45) is 11.8 Å². The smallest absolute Gasteiger partial charge is 0.238 e. The summed E-state index contributed by atoms with van der Waals surface area (Å²) >= 11 is 12.2. The van der Waals surface area contributed by atoms with Crippen LogP contribution in [0.4, 0.5) is 5.69 Å². The molecule has 130 valence electrons. The highest BCUT2D eigenvalue weighted by Crippen LogP contribution is 2.58. The van der Waals surface area contributed by atoms with Gasteiger partial charge in [0.25, 0.3) is 0 Å². The number of Topliss-reactive ketones (excluding diaryl/α,β-unsaturated/α-hetero) is 1. The minimum absolute atomic E-state index is 0.0418. The number of imide groups is 1. The first-order valence-electron chi connectivity index (χ1n) is 8.43. The topological polar surface area (TPSA) is 54.5 Å². The number of halogens is 2. The first kappa shape index (κ1) is 16.0. The Morgan fingerprint density at radius 2 is 1.58 bits per heavy atom. The third-order valence-electron chi connectivity index (χ3n) is 5.84. The Labute approximate surface area is 159 Å². The molecule has 2 bridgehead atoms. The van der Waals surface area contributed by atoms with Gasteiger partial charge in [0.15, 0.2) is 0 Å². The van der Waals surface area contributed by atoms with Crippen molar-refractivity contribution in [2.45, 2.75) is 18.3 Å². The summed E-state index contributed by atoms with van der Waals surface area (Å²) in [7, 11) is 0. The molecule has 0 N–H and O–H groups in total. The molecule has 26 heavy (non-hydrogen) atoms. The van der Waals surface area contributed by atoms with Gasteiger partial charge < -0.3 is 0 Å². The van der Waals surface area contributed by atoms with Gasteiger partial charge in [0.1, 0.15) is 5.78 Å². The van der Waals surface area contributed by atoms with Gasteiger partial charge >= 0.3 is 0 Å². The Morgan fingerprint density at radius 1 is 0.885 bits per heavy atom. The molecule has 2 fully saturated rings. The fourth-order valence-corrected chi connectivity index (χ4v) is 5.35. The lowest BCUT2D eigenvalue weighted by molar-refractivity contribution is -0.134. The molecule has 0 unspecified atom stereocenters. The van der Waals surface area contributed by atoms with Crippen LogP contribution in [0.2, 0.25) is 10.0 Å². The van der Waals surface area contributed by atoms with E-state index in [2.05, 4.69) is 0 Å². The Hall–Kier alpha value is -2.17. The number of benzene rings is 2. The molecule has 2 aromatic carbocycles. The number of amides is 2. The first-order valence-corrected chi connectivity index (χ1v) is 9.19. The number of hydrogen-bond acceptors (Lipinski definition) is 3. The van der Waals surface area contributed by atoms with Crippen molar-refractivity contribution in [2.75, 3.05) is 4.90 Å². The second-order valence-electron chi connectivity index (χ2n) is 7.04. The number of hydrogen-bond donors (Lipinski definition) is 0. The van der Waals surface area contributed by atoms with Crippen molar-refractivity contribution in [3.8, 4) is 0 Å². The lowest BCUT2D eigenvalue weighted by Crippen LogP contribution is -2.44. The van der Waals surface area contributed by atoms with Crippen LogP contribution in [0.5, 0.6) is 0 Å². The average Bonchev–Trinajstić information content (AvgIpc) is 2.88. The van der Waals surface area contributed by atoms with E-state index in [1.54, 1.807) is 12.1 Å². The van der Waals surface area contributed by atoms with Crippen LogP contribution in [-0.2, 0) is 14.4 Å². The van der Waals surface area contributed by atoms with Crippen LogP contribution in [0.3, 0.4) is 0 Å². The molecule has 3 aliphatic carbocycles. The van der Waals surface area contributed by atoms with Crippen LogP contribution in [-0.4, -0.2) is 17.6 Å². The highest BCUT2D eigenvalue weighted by molar-refractivity contribution is 6.38. The van der Waals surface area contributed by atoms with Crippen LogP contribution < -0.4 is 4.90 Å². The normalized spacial score (nSPS) is 29.2. The number of carbonyl (C=O) groups excluding carboxylic acids is 3. The number of ketones is 1. The highest BCUT2D eigenvalue weighted by atomic mass is 35.5. The van der Waals surface area contributed by atoms with Crippen LogP contribution in [0.1, 0.15) is 29.4 Å². The zero-order chi connectivity index (χ0) is 18.2. The van der Waals surface area contributed by atoms with E-state index in [-0.39, 0.29) is 28.5 Å². The van der Waals surface area contributed by atoms with Gasteiger partial charge in [-0.05, 0) is 29.3 Å². The molecule has 1 saturated carbocycles. The van der Waals surface area contributed by atoms with E-state index in [9.17, 15) is 14.4 Å². The van der Waals surface area contributed by atoms with Gasteiger partial charge in [0.2, 0.25) is 11.8 Å². The summed E-state index contributed by atoms with van der Waals surface area (Å²) in [6.45, 7) is 0. The summed E-state index contributed by atoms with van der Waals surface area (Å²) in [5.74, 6) is -2.53. The first-order chi connectivity index (χ1) is 12.5. The number of rotatable bonds is 1. The summed E-state index contributed by atoms with van der Waals surface area (Å²) in [5, 5.41) is 0.673. The maximum Gasteiger partial charge on any atom is 0.238 e. The third-order valence-corrected chi connectivity index (χ3v) is 6.38. The molecule has 6 rings (SSSR count). The van der Waals surface area contributed by atoms with Crippen LogP contribution in [0.15, 0.2) is 42.5 Å². The molecule has 4 nitrogen and oxygen atoms in total. The zero-order valence-corrected chi connectivity index (χ0v) is 15.0. The molecule has 0 radical (unpaired) electrons. The van der Waals surface area contributed by atoms with Crippen molar-refractivity contribution < 1.29 is 14.4 Å². The van der Waals surface area contributed by atoms with Crippen molar-refractivity contribution in [1.29, 1.82) is 0 Å². The Bertz CT molecular complexity index is 1000. The third kappa shape index (κ3) is 1.94. The molecule has 0 spiro atoms. The van der Waals surface area contributed by atoms with Crippen molar-refractivity contribution in [1.82, 2.24) is 0 Å². The predicted molar refractivity (Wildman–Crippen MR) is 97.5 cm³/mol. The molecule has 1 saturated heterocycles. The average molecular weight is 386 g/mol. The number of nitrogens with zero attached hydrogens (tertiary/aromatic N) is 1. The van der Waals surface area contributed by atoms with E-state index in [1.165, 1.54) is 6.07 Å². The lowest BCUT2D eigenvalue weighted by atomic mass is 9.56. The van der Waals surface area contributed by atoms with Gasteiger partial charge in [0, 0.05) is 17.4 Å². The standard InChI is InChI=1S/C20H13Cl2NO3/c21-9-5-6-14(13(22)7-9)23-19(25)17-12-8-15(24)16(18(17)20(23)26)11-4-2-1-3-10(11)12/h1-7,12,16-18H,8H2/t12-,16+,17-,18-/m0/s1. The molecule has 6 heteroatoms. The fraction of sp³-hybridized carbons (Fsp3) is 0.250. The Morgan fingerprint density at radius 3 is 2.31 bits per heavy atom. The van der Waals surface area contributed by atoms with E-state index >= 15 is 0 Å². The van der Waals surface area contributed by atoms with Gasteiger partial charge in [-0.25, -0.2) is 4.90 Å². The van der Waals surface area contributed by atoms with Crippen LogP contribution in [0.25, 0.3) is 0 Å². The molecule has 2 amide bonds. The zero-order valence-electron chi connectivity index (χ0n) is 13.5. The maximum atomic E-state index is 13.2. The van der Waals surface area contributed by atoms with E-state index < -0.39 is 17.8 Å². The van der Waals surface area contributed by atoms with E-state index in [0.29, 0.717) is 17.1 Å². The minimum Gasteiger partial charge on any atom is -0.299 e. The lowest BCUT2D eigenvalue weighted by Gasteiger charge is -2.43. The van der Waals surface area contributed by atoms with Crippen molar-refractivity contribution in [3.63, 3.8) is 0 Å². The quantitative estimate of drug-likeness (QED) is 0.698. The van der Waals surface area contributed by atoms with E-state index in [1.807, 2.05) is 24.3 Å². The SMILES string of the molecule is O=C1C[C@H]2c3ccccc3[C@H]1[C@@H]1C(=O)N(c3ccc(Cl)cc3Cl)C(=O)[C@H]12. The Balaban J connectivity index is 1.66. The van der Waals surface area contributed by atoms with Crippen LogP contribution >= 0.6 is 23.2 Å². The monoisotopic (exact) mass is 385 g/mol. The minimum atomic E-state index is -0.643. The largest absolute Gasteiger partial charge is 0.299 e. The van der Waals surface area contributed by atoms with Gasteiger partial charge in [-0.15, -0.1) is 0 Å². The highest BCUT2D eigenvalue weighted by Gasteiger charge is 2.62. The molecule has 0 aromatic heterocycles. The molecule has 1 heterocycles. The molecule has 4 atom stereocenters. The van der Waals surface area contributed by atoms with Gasteiger partial charge in [-0.1, -0.05) is 47.5 Å². The fourth-order valence-electron chi connectivity index (χ4n) is 4.86. The summed E-state index contributed by atoms with van der Waals surface area (Å²) < 4.78 is 0. The summed E-state index contributed by atoms with van der Waals surface area (Å²) in [4.78, 5) is 40.2. The molecule has 4 aliphatic rings. The number of fused-ring (bicyclic) bond motifs is 1. The second kappa shape index (κ2) is 5.41. The summed E-state index contributed by atoms with van der Waals surface area (Å²) in [6, 6.07) is 12.3. The van der Waals surface area contributed by atoms with Gasteiger partial charge in [-0.3, -0.25) is 14.4 Å². The molecule has 2 aromatic rings. The van der Waals surface area contributed by atoms with Gasteiger partial charge in [0.05, 0.1) is 28.5 Å². The number of carbonyl (C=O) groups is 3. The van der Waals surface area contributed by atoms with Crippen molar-refractivity contribution >= 4 is 46.5 Å². The molecular weight excluding hydrogens is 373 g/mol. The second-order valence-corrected chi connectivity index (χ2v) is 7.89. The van der Waals surface area contributed by atoms with Gasteiger partial charge in [-0.2, -0.15) is 0 Å². The number of anilines is 1. The molecule has 1 aliphatic heterocycles. The van der Waals surface area contributed by atoms with E-state index in [4.69, 9.17) is 23.2 Å². The molecular formula is C20H13Cl2NO3. The van der Waals surface area contributed by atoms with E-state index in [0.717, 1.165) is 16.0 Å². The maximum absolute atomic E-state index is 13.2. The predicted octanol–water partition coefficient (Wildman–Crippen LogP) is 3.95. The summed E-state index contributed by atoms with van der Waals surface area (Å²) in [6.07, 6.45) is 0.310.